The molecule has 0 aliphatic heterocycles. The summed E-state index contributed by atoms with van der Waals surface area (Å²) in [6, 6.07) is 19.0. The highest BCUT2D eigenvalue weighted by molar-refractivity contribution is 8.00. The zero-order valence-electron chi connectivity index (χ0n) is 20.9. The zero-order chi connectivity index (χ0) is 27.4. The molecule has 1 fully saturated rings. The molecule has 1 saturated carbocycles. The summed E-state index contributed by atoms with van der Waals surface area (Å²) in [6.07, 6.45) is 7.11. The van der Waals surface area contributed by atoms with Crippen LogP contribution < -0.4 is 0 Å². The van der Waals surface area contributed by atoms with E-state index in [-0.39, 0.29) is 22.9 Å². The highest BCUT2D eigenvalue weighted by atomic mass is 35.5. The Morgan fingerprint density at radius 3 is 2.67 bits per heavy atom. The van der Waals surface area contributed by atoms with E-state index in [1.54, 1.807) is 11.8 Å². The van der Waals surface area contributed by atoms with Gasteiger partial charge in [0.2, 0.25) is 0 Å². The van der Waals surface area contributed by atoms with E-state index < -0.39 is 5.97 Å². The third-order valence-electron chi connectivity index (χ3n) is 6.73. The van der Waals surface area contributed by atoms with Crippen molar-refractivity contribution in [2.75, 3.05) is 11.5 Å². The van der Waals surface area contributed by atoms with Gasteiger partial charge in [-0.25, -0.2) is 9.37 Å². The molecule has 0 bridgehead atoms. The number of nitrogens with zero attached hydrogens (tertiary/aromatic N) is 1. The van der Waals surface area contributed by atoms with Crippen LogP contribution in [0.1, 0.15) is 47.8 Å². The minimum absolute atomic E-state index is 0.0769. The summed E-state index contributed by atoms with van der Waals surface area (Å²) in [7, 11) is 0. The van der Waals surface area contributed by atoms with E-state index in [2.05, 4.69) is 29.2 Å². The second kappa shape index (κ2) is 12.6. The average Bonchev–Trinajstić information content (AvgIpc) is 3.62. The van der Waals surface area contributed by atoms with Gasteiger partial charge in [-0.15, -0.1) is 23.1 Å². The highest BCUT2D eigenvalue weighted by Gasteiger charge is 2.44. The standard InChI is InChI=1S/C30H26Cl2FNO2S3/c31-27-28-25(39-29(27)32)11-8-22(34-28)7-4-19-2-1-3-20(16-19)24(38-18-30(13-14-30)17-26(35)36)12-15-37-23-9-5-21(33)6-10-23/h1-11,16,24H,12-15,17-18H2,(H,35,36)/b7-4+. The Hall–Kier alpha value is -2.03. The summed E-state index contributed by atoms with van der Waals surface area (Å²) in [4.78, 5) is 17.1. The Balaban J connectivity index is 1.31. The van der Waals surface area contributed by atoms with E-state index in [1.165, 1.54) is 29.0 Å². The lowest BCUT2D eigenvalue weighted by Gasteiger charge is -2.21. The molecule has 0 saturated heterocycles. The normalized spacial score (nSPS) is 15.2. The van der Waals surface area contributed by atoms with Gasteiger partial charge in [0, 0.05) is 15.9 Å². The average molecular weight is 619 g/mol. The number of carboxylic acids is 1. The SMILES string of the molecule is O=C(O)CC1(CSC(CCSc2ccc(F)cc2)c2cccc(/C=C/c3ccc4sc(Cl)c(Cl)c4n3)c2)CC1. The molecule has 4 aromatic rings. The van der Waals surface area contributed by atoms with E-state index >= 15 is 0 Å². The largest absolute Gasteiger partial charge is 0.481 e. The number of thioether (sulfide) groups is 2. The van der Waals surface area contributed by atoms with Crippen LogP contribution >= 0.6 is 58.1 Å². The van der Waals surface area contributed by atoms with Crippen LogP contribution in [-0.2, 0) is 4.79 Å². The molecule has 2 heterocycles. The molecule has 5 rings (SSSR count). The van der Waals surface area contributed by atoms with Crippen LogP contribution in [0, 0.1) is 11.2 Å². The van der Waals surface area contributed by atoms with Crippen LogP contribution in [0.5, 0.6) is 0 Å². The van der Waals surface area contributed by atoms with Gasteiger partial charge in [-0.2, -0.15) is 11.8 Å². The molecular formula is C30H26Cl2FNO2S3. The fraction of sp³-hybridized carbons (Fsp3) is 0.267. The van der Waals surface area contributed by atoms with Crippen LogP contribution in [0.4, 0.5) is 4.39 Å². The first-order valence-corrected chi connectivity index (χ1v) is 16.2. The summed E-state index contributed by atoms with van der Waals surface area (Å²) < 4.78 is 14.8. The van der Waals surface area contributed by atoms with Crippen molar-refractivity contribution in [1.29, 1.82) is 0 Å². The van der Waals surface area contributed by atoms with Crippen molar-refractivity contribution in [2.24, 2.45) is 5.41 Å². The molecule has 0 amide bonds. The summed E-state index contributed by atoms with van der Waals surface area (Å²) >= 11 is 17.5. The van der Waals surface area contributed by atoms with Crippen LogP contribution in [0.15, 0.2) is 65.6 Å². The van der Waals surface area contributed by atoms with Crippen molar-refractivity contribution in [3.05, 3.63) is 92.7 Å². The molecular weight excluding hydrogens is 592 g/mol. The van der Waals surface area contributed by atoms with Crippen LogP contribution in [0.2, 0.25) is 9.36 Å². The van der Waals surface area contributed by atoms with Crippen molar-refractivity contribution < 1.29 is 14.3 Å². The molecule has 2 aromatic carbocycles. The van der Waals surface area contributed by atoms with Crippen molar-refractivity contribution in [3.8, 4) is 0 Å². The van der Waals surface area contributed by atoms with Crippen molar-refractivity contribution in [1.82, 2.24) is 4.98 Å². The monoisotopic (exact) mass is 617 g/mol. The van der Waals surface area contributed by atoms with Gasteiger partial charge in [0.1, 0.15) is 15.7 Å². The second-order valence-electron chi connectivity index (χ2n) is 9.74. The minimum Gasteiger partial charge on any atom is -0.481 e. The molecule has 1 N–H and O–H groups in total. The summed E-state index contributed by atoms with van der Waals surface area (Å²) in [5, 5.41) is 10.1. The summed E-state index contributed by atoms with van der Waals surface area (Å²) in [5.74, 6) is 0.757. The first-order valence-electron chi connectivity index (χ1n) is 12.5. The summed E-state index contributed by atoms with van der Waals surface area (Å²) in [6.45, 7) is 0. The number of carboxylic acid groups (broad SMARTS) is 1. The molecule has 0 spiro atoms. The number of aliphatic carboxylic acids is 1. The molecule has 1 unspecified atom stereocenters. The van der Waals surface area contributed by atoms with Gasteiger partial charge in [-0.05, 0) is 84.0 Å². The molecule has 3 nitrogen and oxygen atoms in total. The number of hydrogen-bond donors (Lipinski definition) is 1. The third kappa shape index (κ3) is 7.59. The Morgan fingerprint density at radius 1 is 1.13 bits per heavy atom. The number of halogens is 3. The first kappa shape index (κ1) is 28.5. The first-order chi connectivity index (χ1) is 18.8. The van der Waals surface area contributed by atoms with Gasteiger partial charge in [0.05, 0.1) is 21.8 Å². The predicted molar refractivity (Wildman–Crippen MR) is 166 cm³/mol. The lowest BCUT2D eigenvalue weighted by molar-refractivity contribution is -0.138. The Bertz CT molecular complexity index is 1500. The quantitative estimate of drug-likeness (QED) is 0.160. The molecule has 1 aliphatic rings. The highest BCUT2D eigenvalue weighted by Crippen LogP contribution is 2.53. The van der Waals surface area contributed by atoms with Gasteiger partial charge in [0.15, 0.2) is 0 Å². The maximum Gasteiger partial charge on any atom is 0.303 e. The fourth-order valence-corrected chi connectivity index (χ4v) is 8.43. The van der Waals surface area contributed by atoms with Crippen molar-refractivity contribution in [2.45, 2.75) is 35.8 Å². The number of pyridine rings is 1. The number of aromatic nitrogens is 1. The maximum absolute atomic E-state index is 13.3. The lowest BCUT2D eigenvalue weighted by atomic mass is 10.1. The van der Waals surface area contributed by atoms with E-state index in [0.717, 1.165) is 51.6 Å². The van der Waals surface area contributed by atoms with E-state index in [4.69, 9.17) is 23.2 Å². The van der Waals surface area contributed by atoms with E-state index in [0.29, 0.717) is 14.9 Å². The smallest absolute Gasteiger partial charge is 0.303 e. The topological polar surface area (TPSA) is 50.2 Å². The van der Waals surface area contributed by atoms with Crippen LogP contribution in [0.3, 0.4) is 0 Å². The number of rotatable bonds is 12. The van der Waals surface area contributed by atoms with Crippen molar-refractivity contribution in [3.63, 3.8) is 0 Å². The molecule has 9 heteroatoms. The number of carbonyl (C=O) groups is 1. The third-order valence-corrected chi connectivity index (χ3v) is 11.4. The van der Waals surface area contributed by atoms with Gasteiger partial charge < -0.3 is 5.11 Å². The molecule has 0 radical (unpaired) electrons. The summed E-state index contributed by atoms with van der Waals surface area (Å²) in [5.41, 5.74) is 3.71. The fourth-order valence-electron chi connectivity index (χ4n) is 4.38. The van der Waals surface area contributed by atoms with Gasteiger partial charge >= 0.3 is 5.97 Å². The zero-order valence-corrected chi connectivity index (χ0v) is 24.9. The van der Waals surface area contributed by atoms with Crippen LogP contribution in [-0.4, -0.2) is 27.6 Å². The molecule has 2 aromatic heterocycles. The molecule has 39 heavy (non-hydrogen) atoms. The second-order valence-corrected chi connectivity index (χ2v) is 14.1. The number of thiophene rings is 1. The van der Waals surface area contributed by atoms with E-state index in [1.807, 2.05) is 48.2 Å². The predicted octanol–water partition coefficient (Wildman–Crippen LogP) is 10.1. The maximum atomic E-state index is 13.3. The van der Waals surface area contributed by atoms with Gasteiger partial charge in [-0.3, -0.25) is 4.79 Å². The van der Waals surface area contributed by atoms with Crippen LogP contribution in [0.25, 0.3) is 22.4 Å². The number of benzene rings is 2. The van der Waals surface area contributed by atoms with Crippen molar-refractivity contribution >= 4 is 86.4 Å². The molecule has 1 atom stereocenters. The molecule has 202 valence electrons. The minimum atomic E-state index is -0.721. The Labute approximate surface area is 249 Å². The number of hydrogen-bond acceptors (Lipinski definition) is 5. The van der Waals surface area contributed by atoms with E-state index in [9.17, 15) is 14.3 Å². The molecule has 1 aliphatic carbocycles. The lowest BCUT2D eigenvalue weighted by Crippen LogP contribution is -2.12. The Morgan fingerprint density at radius 2 is 1.92 bits per heavy atom. The van der Waals surface area contributed by atoms with Gasteiger partial charge in [-0.1, -0.05) is 53.5 Å². The number of fused-ring (bicyclic) bond motifs is 1. The van der Waals surface area contributed by atoms with Gasteiger partial charge in [0.25, 0.3) is 0 Å². The Kier molecular flexibility index (Phi) is 9.24.